The molecule has 0 aromatic rings. The van der Waals surface area contributed by atoms with E-state index in [2.05, 4.69) is 6.92 Å². The smallest absolute Gasteiger partial charge is 0.0612 e. The van der Waals surface area contributed by atoms with E-state index in [9.17, 15) is 5.11 Å². The maximum Gasteiger partial charge on any atom is 0.0612 e. The third-order valence-electron chi connectivity index (χ3n) is 2.06. The fourth-order valence-corrected chi connectivity index (χ4v) is 1.13. The summed E-state index contributed by atoms with van der Waals surface area (Å²) in [5, 5.41) is 9.42. The summed E-state index contributed by atoms with van der Waals surface area (Å²) in [5.74, 6) is 0.437. The maximum atomic E-state index is 9.42. The van der Waals surface area contributed by atoms with Crippen LogP contribution in [0.1, 0.15) is 26.2 Å². The van der Waals surface area contributed by atoms with E-state index in [-0.39, 0.29) is 6.10 Å². The van der Waals surface area contributed by atoms with E-state index in [1.54, 1.807) is 0 Å². The lowest BCUT2D eigenvalue weighted by molar-refractivity contribution is -0.0930. The minimum atomic E-state index is -0.103. The molecule has 1 aliphatic heterocycles. The van der Waals surface area contributed by atoms with Crippen LogP contribution >= 0.6 is 0 Å². The number of rotatable bonds is 4. The van der Waals surface area contributed by atoms with E-state index in [1.165, 1.54) is 6.42 Å². The van der Waals surface area contributed by atoms with Crippen LogP contribution in [0.15, 0.2) is 0 Å². The number of aliphatic hydroxyl groups is 1. The van der Waals surface area contributed by atoms with Gasteiger partial charge in [0.25, 0.3) is 0 Å². The molecule has 1 rings (SSSR count). The minimum Gasteiger partial charge on any atom is -0.393 e. The van der Waals surface area contributed by atoms with E-state index in [0.717, 1.165) is 26.1 Å². The zero-order valence-corrected chi connectivity index (χ0v) is 6.55. The lowest BCUT2D eigenvalue weighted by Gasteiger charge is -2.30. The average Bonchev–Trinajstić information content (AvgIpc) is 1.79. The van der Waals surface area contributed by atoms with E-state index >= 15 is 0 Å². The van der Waals surface area contributed by atoms with Crippen LogP contribution in [0.4, 0.5) is 0 Å². The molecule has 1 unspecified atom stereocenters. The van der Waals surface area contributed by atoms with Crippen LogP contribution in [0, 0.1) is 5.92 Å². The molecule has 1 N–H and O–H groups in total. The zero-order valence-electron chi connectivity index (χ0n) is 6.55. The minimum absolute atomic E-state index is 0.103. The summed E-state index contributed by atoms with van der Waals surface area (Å²) in [6.45, 7) is 3.68. The van der Waals surface area contributed by atoms with Crippen LogP contribution in [0.3, 0.4) is 0 Å². The topological polar surface area (TPSA) is 29.5 Å². The van der Waals surface area contributed by atoms with Gasteiger partial charge in [0.1, 0.15) is 0 Å². The van der Waals surface area contributed by atoms with Gasteiger partial charge in [0.2, 0.25) is 0 Å². The van der Waals surface area contributed by atoms with Gasteiger partial charge in [-0.15, -0.1) is 0 Å². The van der Waals surface area contributed by atoms with Crippen LogP contribution in [-0.4, -0.2) is 24.4 Å². The van der Waals surface area contributed by atoms with Crippen molar-refractivity contribution in [3.8, 4) is 0 Å². The van der Waals surface area contributed by atoms with Crippen molar-refractivity contribution < 1.29 is 9.84 Å². The van der Waals surface area contributed by atoms with Gasteiger partial charge in [-0.1, -0.05) is 19.8 Å². The van der Waals surface area contributed by atoms with Crippen molar-refractivity contribution >= 4 is 0 Å². The van der Waals surface area contributed by atoms with Gasteiger partial charge in [-0.2, -0.15) is 0 Å². The number of unbranched alkanes of at least 4 members (excludes halogenated alkanes) is 1. The van der Waals surface area contributed by atoms with Gasteiger partial charge < -0.3 is 9.84 Å². The van der Waals surface area contributed by atoms with Crippen LogP contribution < -0.4 is 0 Å². The first-order valence-electron chi connectivity index (χ1n) is 4.10. The molecule has 0 aromatic carbocycles. The molecular weight excluding hydrogens is 128 g/mol. The van der Waals surface area contributed by atoms with Gasteiger partial charge in [-0.3, -0.25) is 0 Å². The summed E-state index contributed by atoms with van der Waals surface area (Å²) in [4.78, 5) is 0. The Morgan fingerprint density at radius 1 is 1.60 bits per heavy atom. The summed E-state index contributed by atoms with van der Waals surface area (Å²) in [5.41, 5.74) is 0. The predicted octanol–water partition coefficient (Wildman–Crippen LogP) is 1.18. The number of ether oxygens (including phenoxy) is 1. The average molecular weight is 144 g/mol. The lowest BCUT2D eigenvalue weighted by atomic mass is 9.96. The Labute approximate surface area is 62.2 Å². The molecule has 0 saturated carbocycles. The Morgan fingerprint density at radius 3 is 2.70 bits per heavy atom. The monoisotopic (exact) mass is 144 g/mol. The highest BCUT2D eigenvalue weighted by molar-refractivity contribution is 4.73. The lowest BCUT2D eigenvalue weighted by Crippen LogP contribution is -2.37. The van der Waals surface area contributed by atoms with Crippen molar-refractivity contribution in [2.75, 3.05) is 13.2 Å². The third-order valence-corrected chi connectivity index (χ3v) is 2.06. The zero-order chi connectivity index (χ0) is 7.40. The molecule has 0 spiro atoms. The molecule has 2 nitrogen and oxygen atoms in total. The number of hydrogen-bond donors (Lipinski definition) is 1. The molecule has 10 heavy (non-hydrogen) atoms. The van der Waals surface area contributed by atoms with Crippen molar-refractivity contribution in [1.29, 1.82) is 0 Å². The molecule has 1 aliphatic rings. The van der Waals surface area contributed by atoms with Gasteiger partial charge >= 0.3 is 0 Å². The largest absolute Gasteiger partial charge is 0.393 e. The molecule has 60 valence electrons. The highest BCUT2D eigenvalue weighted by Gasteiger charge is 2.25. The van der Waals surface area contributed by atoms with Gasteiger partial charge in [0, 0.05) is 5.92 Å². The second-order valence-electron chi connectivity index (χ2n) is 3.01. The highest BCUT2D eigenvalue weighted by Crippen LogP contribution is 2.18. The Morgan fingerprint density at radius 2 is 2.30 bits per heavy atom. The molecule has 1 fully saturated rings. The predicted molar refractivity (Wildman–Crippen MR) is 39.8 cm³/mol. The Kier molecular flexibility index (Phi) is 3.16. The van der Waals surface area contributed by atoms with Gasteiger partial charge in [-0.25, -0.2) is 0 Å². The van der Waals surface area contributed by atoms with Crippen LogP contribution in [0.5, 0.6) is 0 Å². The molecular formula is C8H16O2. The summed E-state index contributed by atoms with van der Waals surface area (Å²) in [6, 6.07) is 0. The molecule has 0 bridgehead atoms. The molecule has 0 amide bonds. The summed E-state index contributed by atoms with van der Waals surface area (Å²) >= 11 is 0. The second-order valence-corrected chi connectivity index (χ2v) is 3.01. The van der Waals surface area contributed by atoms with Gasteiger partial charge in [-0.05, 0) is 6.42 Å². The molecule has 0 radical (unpaired) electrons. The fraction of sp³-hybridized carbons (Fsp3) is 1.00. The summed E-state index contributed by atoms with van der Waals surface area (Å²) in [6.07, 6.45) is 3.15. The van der Waals surface area contributed by atoms with E-state index in [0.29, 0.717) is 5.92 Å². The van der Waals surface area contributed by atoms with Crippen LogP contribution in [-0.2, 0) is 4.74 Å². The van der Waals surface area contributed by atoms with Crippen molar-refractivity contribution in [1.82, 2.24) is 0 Å². The van der Waals surface area contributed by atoms with Crippen LogP contribution in [0.2, 0.25) is 0 Å². The molecule has 0 aliphatic carbocycles. The Balaban J connectivity index is 2.02. The maximum absolute atomic E-state index is 9.42. The first-order chi connectivity index (χ1) is 4.84. The third kappa shape index (κ3) is 1.96. The van der Waals surface area contributed by atoms with Crippen molar-refractivity contribution in [2.45, 2.75) is 32.3 Å². The summed E-state index contributed by atoms with van der Waals surface area (Å²) < 4.78 is 4.98. The SMILES string of the molecule is CCCCC(O)C1COC1. The van der Waals surface area contributed by atoms with Gasteiger partial charge in [0.15, 0.2) is 0 Å². The standard InChI is InChI=1S/C8H16O2/c1-2-3-4-8(9)7-5-10-6-7/h7-9H,2-6H2,1H3. The normalized spacial score (nSPS) is 22.2. The van der Waals surface area contributed by atoms with Gasteiger partial charge in [0.05, 0.1) is 19.3 Å². The van der Waals surface area contributed by atoms with Crippen molar-refractivity contribution in [3.05, 3.63) is 0 Å². The summed E-state index contributed by atoms with van der Waals surface area (Å²) in [7, 11) is 0. The second kappa shape index (κ2) is 3.94. The molecule has 1 saturated heterocycles. The molecule has 1 heterocycles. The Hall–Kier alpha value is -0.0800. The first-order valence-corrected chi connectivity index (χ1v) is 4.10. The fourth-order valence-electron chi connectivity index (χ4n) is 1.13. The molecule has 1 atom stereocenters. The van der Waals surface area contributed by atoms with E-state index in [4.69, 9.17) is 4.74 Å². The molecule has 0 aromatic heterocycles. The first kappa shape index (κ1) is 8.02. The molecule has 2 heteroatoms. The van der Waals surface area contributed by atoms with Crippen molar-refractivity contribution in [2.24, 2.45) is 5.92 Å². The van der Waals surface area contributed by atoms with Crippen LogP contribution in [0.25, 0.3) is 0 Å². The quantitative estimate of drug-likeness (QED) is 0.642. The number of hydrogen-bond acceptors (Lipinski definition) is 2. The van der Waals surface area contributed by atoms with Crippen molar-refractivity contribution in [3.63, 3.8) is 0 Å². The number of aliphatic hydroxyl groups excluding tert-OH is 1. The van der Waals surface area contributed by atoms with E-state index < -0.39 is 0 Å². The van der Waals surface area contributed by atoms with E-state index in [1.807, 2.05) is 0 Å². The highest BCUT2D eigenvalue weighted by atomic mass is 16.5. The Bertz CT molecular complexity index is 89.3.